The van der Waals surface area contributed by atoms with Crippen LogP contribution in [0.15, 0.2) is 0 Å². The molecule has 0 radical (unpaired) electrons. The summed E-state index contributed by atoms with van der Waals surface area (Å²) in [6.07, 6.45) is 3.71. The molecule has 3 heteroatoms. The van der Waals surface area contributed by atoms with Crippen LogP contribution in [0.1, 0.15) is 39.5 Å². The molecule has 0 fully saturated rings. The summed E-state index contributed by atoms with van der Waals surface area (Å²) >= 11 is 0. The Labute approximate surface area is 80.5 Å². The van der Waals surface area contributed by atoms with Crippen molar-refractivity contribution >= 4 is 24.8 Å². The van der Waals surface area contributed by atoms with Crippen LogP contribution in [0.4, 0.5) is 0 Å². The van der Waals surface area contributed by atoms with Gasteiger partial charge in [-0.3, -0.25) is 4.79 Å². The van der Waals surface area contributed by atoms with Crippen LogP contribution in [0.25, 0.3) is 0 Å². The monoisotopic (exact) mass is 152 g/mol. The number of carboxylic acids is 1. The van der Waals surface area contributed by atoms with Gasteiger partial charge in [0.05, 0.1) is 5.92 Å². The van der Waals surface area contributed by atoms with Gasteiger partial charge in [-0.25, -0.2) is 0 Å². The molecule has 0 heterocycles. The second kappa shape index (κ2) is 8.17. The van der Waals surface area contributed by atoms with Crippen LogP contribution in [0.3, 0.4) is 0 Å². The van der Waals surface area contributed by atoms with E-state index in [0.29, 0.717) is 0 Å². The SMILES string of the molecule is CCCCC(CC)C(=O)O.[LiH]. The average molecular weight is 152 g/mol. The number of unbranched alkanes of at least 4 members (excludes halogenated alkanes) is 1. The maximum absolute atomic E-state index is 10.4. The molecule has 1 unspecified atom stereocenters. The molecular formula is C8H17LiO2. The Morgan fingerprint density at radius 3 is 2.27 bits per heavy atom. The summed E-state index contributed by atoms with van der Waals surface area (Å²) in [6, 6.07) is 0. The third kappa shape index (κ3) is 6.46. The van der Waals surface area contributed by atoms with Gasteiger partial charge >= 0.3 is 24.8 Å². The van der Waals surface area contributed by atoms with E-state index in [4.69, 9.17) is 5.11 Å². The Balaban J connectivity index is 0. The zero-order chi connectivity index (χ0) is 7.98. The van der Waals surface area contributed by atoms with Crippen molar-refractivity contribution in [2.75, 3.05) is 0 Å². The standard InChI is InChI=1S/C8H16O2.Li.H/c1-3-5-6-7(4-2)8(9)10;;/h7H,3-6H2,1-2H3,(H,9,10);;. The first kappa shape index (κ1) is 13.6. The third-order valence-electron chi connectivity index (χ3n) is 1.75. The summed E-state index contributed by atoms with van der Waals surface area (Å²) in [5, 5.41) is 8.60. The summed E-state index contributed by atoms with van der Waals surface area (Å²) < 4.78 is 0. The van der Waals surface area contributed by atoms with Crippen molar-refractivity contribution in [1.29, 1.82) is 0 Å². The number of carboxylic acid groups (broad SMARTS) is 1. The van der Waals surface area contributed by atoms with Gasteiger partial charge in [0, 0.05) is 0 Å². The van der Waals surface area contributed by atoms with Crippen LogP contribution >= 0.6 is 0 Å². The van der Waals surface area contributed by atoms with Gasteiger partial charge in [-0.15, -0.1) is 0 Å². The minimum atomic E-state index is -0.643. The van der Waals surface area contributed by atoms with Crippen molar-refractivity contribution in [2.24, 2.45) is 5.92 Å². The molecule has 62 valence electrons. The van der Waals surface area contributed by atoms with E-state index >= 15 is 0 Å². The Morgan fingerprint density at radius 2 is 2.00 bits per heavy atom. The zero-order valence-corrected chi connectivity index (χ0v) is 6.76. The van der Waals surface area contributed by atoms with E-state index in [9.17, 15) is 4.79 Å². The predicted molar refractivity (Wildman–Crippen MR) is 48.1 cm³/mol. The van der Waals surface area contributed by atoms with E-state index in [1.54, 1.807) is 0 Å². The topological polar surface area (TPSA) is 37.3 Å². The van der Waals surface area contributed by atoms with Crippen LogP contribution in [0.2, 0.25) is 0 Å². The molecule has 0 bridgehead atoms. The summed E-state index contributed by atoms with van der Waals surface area (Å²) in [5.41, 5.74) is 0. The van der Waals surface area contributed by atoms with Gasteiger partial charge in [-0.2, -0.15) is 0 Å². The van der Waals surface area contributed by atoms with Crippen LogP contribution < -0.4 is 0 Å². The van der Waals surface area contributed by atoms with E-state index in [-0.39, 0.29) is 24.8 Å². The zero-order valence-electron chi connectivity index (χ0n) is 6.76. The second-order valence-electron chi connectivity index (χ2n) is 2.59. The molecule has 0 spiro atoms. The van der Waals surface area contributed by atoms with Gasteiger partial charge in [0.25, 0.3) is 0 Å². The molecule has 0 aromatic rings. The number of carbonyl (C=O) groups is 1. The molecule has 0 saturated carbocycles. The van der Waals surface area contributed by atoms with Gasteiger partial charge in [-0.05, 0) is 12.8 Å². The fraction of sp³-hybridized carbons (Fsp3) is 0.875. The number of hydrogen-bond donors (Lipinski definition) is 1. The number of rotatable bonds is 5. The molecule has 0 aliphatic heterocycles. The van der Waals surface area contributed by atoms with Gasteiger partial charge in [0.1, 0.15) is 0 Å². The molecule has 2 nitrogen and oxygen atoms in total. The van der Waals surface area contributed by atoms with E-state index in [2.05, 4.69) is 6.92 Å². The molecule has 0 aliphatic rings. The summed E-state index contributed by atoms with van der Waals surface area (Å²) in [5.74, 6) is -0.754. The number of aliphatic carboxylic acids is 1. The quantitative estimate of drug-likeness (QED) is 0.608. The first-order chi connectivity index (χ1) is 4.72. The molecule has 0 rings (SSSR count). The molecule has 11 heavy (non-hydrogen) atoms. The van der Waals surface area contributed by atoms with Gasteiger partial charge in [0.2, 0.25) is 0 Å². The Bertz CT molecular complexity index is 104. The molecule has 0 aromatic carbocycles. The Hall–Kier alpha value is 0.0674. The van der Waals surface area contributed by atoms with E-state index < -0.39 is 5.97 Å². The van der Waals surface area contributed by atoms with Gasteiger partial charge in [-0.1, -0.05) is 26.7 Å². The van der Waals surface area contributed by atoms with E-state index in [0.717, 1.165) is 25.7 Å². The van der Waals surface area contributed by atoms with Gasteiger partial charge in [0.15, 0.2) is 0 Å². The van der Waals surface area contributed by atoms with Crippen molar-refractivity contribution < 1.29 is 9.90 Å². The molecule has 0 aromatic heterocycles. The molecule has 0 aliphatic carbocycles. The first-order valence-corrected chi connectivity index (χ1v) is 3.95. The minimum absolute atomic E-state index is 0. The second-order valence-corrected chi connectivity index (χ2v) is 2.59. The molecular weight excluding hydrogens is 135 g/mol. The molecule has 1 atom stereocenters. The van der Waals surface area contributed by atoms with Crippen LogP contribution in [-0.2, 0) is 4.79 Å². The van der Waals surface area contributed by atoms with E-state index in [1.165, 1.54) is 0 Å². The summed E-state index contributed by atoms with van der Waals surface area (Å²) in [6.45, 7) is 4.00. The van der Waals surface area contributed by atoms with Crippen LogP contribution in [0, 0.1) is 5.92 Å². The predicted octanol–water partition coefficient (Wildman–Crippen LogP) is 1.64. The van der Waals surface area contributed by atoms with Crippen LogP contribution in [-0.4, -0.2) is 29.9 Å². The van der Waals surface area contributed by atoms with Crippen molar-refractivity contribution in [3.63, 3.8) is 0 Å². The normalized spacial score (nSPS) is 11.8. The Kier molecular flexibility index (Phi) is 10.1. The Morgan fingerprint density at radius 1 is 1.45 bits per heavy atom. The molecule has 0 saturated heterocycles. The molecule has 0 amide bonds. The van der Waals surface area contributed by atoms with Crippen molar-refractivity contribution in [3.05, 3.63) is 0 Å². The summed E-state index contributed by atoms with van der Waals surface area (Å²) in [7, 11) is 0. The number of hydrogen-bond acceptors (Lipinski definition) is 1. The first-order valence-electron chi connectivity index (χ1n) is 3.95. The fourth-order valence-electron chi connectivity index (χ4n) is 0.953. The average Bonchev–Trinajstić information content (AvgIpc) is 1.89. The molecule has 1 N–H and O–H groups in total. The maximum atomic E-state index is 10.4. The van der Waals surface area contributed by atoms with Gasteiger partial charge < -0.3 is 5.11 Å². The van der Waals surface area contributed by atoms with Crippen LogP contribution in [0.5, 0.6) is 0 Å². The third-order valence-corrected chi connectivity index (χ3v) is 1.75. The van der Waals surface area contributed by atoms with Crippen molar-refractivity contribution in [1.82, 2.24) is 0 Å². The van der Waals surface area contributed by atoms with Crippen molar-refractivity contribution in [3.8, 4) is 0 Å². The summed E-state index contributed by atoms with van der Waals surface area (Å²) in [4.78, 5) is 10.4. The fourth-order valence-corrected chi connectivity index (χ4v) is 0.953. The van der Waals surface area contributed by atoms with Crippen molar-refractivity contribution in [2.45, 2.75) is 39.5 Å². The van der Waals surface area contributed by atoms with E-state index in [1.807, 2.05) is 6.92 Å².